The standard InChI is InChI=1S/C27H39NO3/c1-3-4-5-6-7-8-9-10-11-12-13-16-19-28-25(29)20-24-21(2)26(30)22-17-14-15-18-23(22)27(24)31/h14-15,17-18H,3-13,16,19-20H2,1-2H3,(H,28,29). The van der Waals surface area contributed by atoms with Crippen LogP contribution >= 0.6 is 0 Å². The van der Waals surface area contributed by atoms with Gasteiger partial charge in [-0.15, -0.1) is 0 Å². The van der Waals surface area contributed by atoms with Crippen molar-refractivity contribution in [2.75, 3.05) is 6.54 Å². The van der Waals surface area contributed by atoms with Crippen molar-refractivity contribution in [2.45, 2.75) is 97.3 Å². The molecular weight excluding hydrogens is 386 g/mol. The Balaban J connectivity index is 1.57. The summed E-state index contributed by atoms with van der Waals surface area (Å²) in [7, 11) is 0. The van der Waals surface area contributed by atoms with Gasteiger partial charge in [0.1, 0.15) is 0 Å². The highest BCUT2D eigenvalue weighted by atomic mass is 16.2. The van der Waals surface area contributed by atoms with E-state index in [9.17, 15) is 14.4 Å². The lowest BCUT2D eigenvalue weighted by Crippen LogP contribution is -2.28. The first-order chi connectivity index (χ1) is 15.1. The van der Waals surface area contributed by atoms with Crippen molar-refractivity contribution in [1.29, 1.82) is 0 Å². The molecule has 0 saturated carbocycles. The molecule has 0 fully saturated rings. The fourth-order valence-electron chi connectivity index (χ4n) is 4.18. The van der Waals surface area contributed by atoms with Crippen LogP contribution in [0.3, 0.4) is 0 Å². The van der Waals surface area contributed by atoms with Crippen molar-refractivity contribution in [1.82, 2.24) is 5.32 Å². The molecule has 2 rings (SSSR count). The van der Waals surface area contributed by atoms with E-state index in [0.717, 1.165) is 12.8 Å². The average Bonchev–Trinajstić information content (AvgIpc) is 2.78. The van der Waals surface area contributed by atoms with E-state index in [0.29, 0.717) is 28.8 Å². The Bertz CT molecular complexity index is 778. The number of carbonyl (C=O) groups excluding carboxylic acids is 3. The second-order valence-electron chi connectivity index (χ2n) is 8.72. The summed E-state index contributed by atoms with van der Waals surface area (Å²) >= 11 is 0. The molecule has 170 valence electrons. The first-order valence-electron chi connectivity index (χ1n) is 12.2. The van der Waals surface area contributed by atoms with E-state index < -0.39 is 0 Å². The molecule has 0 unspecified atom stereocenters. The number of ketones is 2. The summed E-state index contributed by atoms with van der Waals surface area (Å²) in [5, 5.41) is 2.91. The highest BCUT2D eigenvalue weighted by molar-refractivity contribution is 6.27. The van der Waals surface area contributed by atoms with Gasteiger partial charge >= 0.3 is 0 Å². The minimum absolute atomic E-state index is 0.0248. The van der Waals surface area contributed by atoms with Crippen LogP contribution in [0.15, 0.2) is 35.4 Å². The van der Waals surface area contributed by atoms with Crippen LogP contribution in [-0.2, 0) is 4.79 Å². The molecule has 4 heteroatoms. The Morgan fingerprint density at radius 3 is 1.77 bits per heavy atom. The van der Waals surface area contributed by atoms with Crippen molar-refractivity contribution >= 4 is 17.5 Å². The lowest BCUT2D eigenvalue weighted by Gasteiger charge is -2.18. The van der Waals surface area contributed by atoms with Crippen LogP contribution in [0.4, 0.5) is 0 Å². The maximum atomic E-state index is 12.7. The second-order valence-corrected chi connectivity index (χ2v) is 8.72. The molecule has 0 radical (unpaired) electrons. The number of hydrogen-bond donors (Lipinski definition) is 1. The summed E-state index contributed by atoms with van der Waals surface area (Å²) in [6, 6.07) is 6.83. The number of benzene rings is 1. The van der Waals surface area contributed by atoms with Gasteiger partial charge in [0, 0.05) is 28.8 Å². The Morgan fingerprint density at radius 2 is 1.23 bits per heavy atom. The summed E-state index contributed by atoms with van der Waals surface area (Å²) in [5.74, 6) is -0.537. The lowest BCUT2D eigenvalue weighted by molar-refractivity contribution is -0.120. The number of unbranched alkanes of at least 4 members (excludes halogenated alkanes) is 11. The summed E-state index contributed by atoms with van der Waals surface area (Å²) in [4.78, 5) is 37.5. The number of rotatable bonds is 15. The van der Waals surface area contributed by atoms with Crippen molar-refractivity contribution in [3.8, 4) is 0 Å². The quantitative estimate of drug-likeness (QED) is 0.322. The second kappa shape index (κ2) is 14.0. The molecule has 1 aromatic carbocycles. The fraction of sp³-hybridized carbons (Fsp3) is 0.593. The van der Waals surface area contributed by atoms with E-state index in [4.69, 9.17) is 0 Å². The SMILES string of the molecule is CCCCCCCCCCCCCCNC(=O)CC1=C(C)C(=O)c2ccccc2C1=O. The van der Waals surface area contributed by atoms with E-state index in [-0.39, 0.29) is 23.9 Å². The molecule has 0 heterocycles. The summed E-state index contributed by atoms with van der Waals surface area (Å²) in [6.45, 7) is 4.52. The molecule has 1 aromatic rings. The maximum absolute atomic E-state index is 12.7. The van der Waals surface area contributed by atoms with Crippen LogP contribution in [-0.4, -0.2) is 24.0 Å². The molecule has 0 aliphatic heterocycles. The molecule has 0 spiro atoms. The molecule has 4 nitrogen and oxygen atoms in total. The number of nitrogens with one attached hydrogen (secondary N) is 1. The van der Waals surface area contributed by atoms with Crippen LogP contribution in [0.1, 0.15) is 118 Å². The van der Waals surface area contributed by atoms with Crippen LogP contribution in [0.5, 0.6) is 0 Å². The zero-order valence-electron chi connectivity index (χ0n) is 19.4. The third-order valence-electron chi connectivity index (χ3n) is 6.17. The number of hydrogen-bond acceptors (Lipinski definition) is 3. The zero-order chi connectivity index (χ0) is 22.5. The van der Waals surface area contributed by atoms with Gasteiger partial charge in [-0.05, 0) is 13.3 Å². The van der Waals surface area contributed by atoms with Gasteiger partial charge in [-0.2, -0.15) is 0 Å². The average molecular weight is 426 g/mol. The summed E-state index contributed by atoms with van der Waals surface area (Å²) in [5.41, 5.74) is 1.56. The van der Waals surface area contributed by atoms with Gasteiger partial charge in [-0.3, -0.25) is 14.4 Å². The van der Waals surface area contributed by atoms with Gasteiger partial charge in [0.15, 0.2) is 11.6 Å². The normalized spacial score (nSPS) is 13.5. The molecular formula is C27H39NO3. The minimum atomic E-state index is -0.201. The molecule has 0 atom stereocenters. The van der Waals surface area contributed by atoms with Gasteiger partial charge in [0.2, 0.25) is 5.91 Å². The molecule has 1 N–H and O–H groups in total. The van der Waals surface area contributed by atoms with E-state index in [1.54, 1.807) is 31.2 Å². The third kappa shape index (κ3) is 8.08. The largest absolute Gasteiger partial charge is 0.356 e. The lowest BCUT2D eigenvalue weighted by atomic mass is 9.83. The Hall–Kier alpha value is -2.23. The first-order valence-corrected chi connectivity index (χ1v) is 12.2. The van der Waals surface area contributed by atoms with Crippen molar-refractivity contribution in [2.24, 2.45) is 0 Å². The number of amides is 1. The summed E-state index contributed by atoms with van der Waals surface area (Å²) < 4.78 is 0. The fourth-order valence-corrected chi connectivity index (χ4v) is 4.18. The van der Waals surface area contributed by atoms with Crippen LogP contribution in [0, 0.1) is 0 Å². The Labute approximate surface area is 187 Å². The van der Waals surface area contributed by atoms with Crippen molar-refractivity contribution < 1.29 is 14.4 Å². The van der Waals surface area contributed by atoms with Gasteiger partial charge < -0.3 is 5.32 Å². The molecule has 1 aliphatic carbocycles. The van der Waals surface area contributed by atoms with Gasteiger partial charge in [0.25, 0.3) is 0 Å². The Morgan fingerprint density at radius 1 is 0.742 bits per heavy atom. The number of allylic oxidation sites excluding steroid dienone is 1. The van der Waals surface area contributed by atoms with Crippen molar-refractivity contribution in [3.05, 3.63) is 46.5 Å². The molecule has 0 aromatic heterocycles. The number of Topliss-reactive ketones (excluding diaryl/α,β-unsaturated/α-hetero) is 2. The molecule has 1 amide bonds. The topological polar surface area (TPSA) is 63.2 Å². The maximum Gasteiger partial charge on any atom is 0.224 e. The smallest absolute Gasteiger partial charge is 0.224 e. The van der Waals surface area contributed by atoms with Gasteiger partial charge in [-0.25, -0.2) is 0 Å². The highest BCUT2D eigenvalue weighted by Crippen LogP contribution is 2.27. The predicted molar refractivity (Wildman–Crippen MR) is 127 cm³/mol. The number of carbonyl (C=O) groups is 3. The third-order valence-corrected chi connectivity index (χ3v) is 6.17. The molecule has 0 saturated heterocycles. The number of fused-ring (bicyclic) bond motifs is 1. The first kappa shape index (κ1) is 25.0. The van der Waals surface area contributed by atoms with Crippen LogP contribution in [0.2, 0.25) is 0 Å². The molecule has 1 aliphatic rings. The van der Waals surface area contributed by atoms with E-state index in [1.165, 1.54) is 64.2 Å². The molecule has 0 bridgehead atoms. The molecule has 31 heavy (non-hydrogen) atoms. The van der Waals surface area contributed by atoms with E-state index >= 15 is 0 Å². The van der Waals surface area contributed by atoms with Crippen LogP contribution < -0.4 is 5.32 Å². The van der Waals surface area contributed by atoms with Gasteiger partial charge in [0.05, 0.1) is 6.42 Å². The zero-order valence-corrected chi connectivity index (χ0v) is 19.4. The van der Waals surface area contributed by atoms with Crippen LogP contribution in [0.25, 0.3) is 0 Å². The van der Waals surface area contributed by atoms with E-state index in [2.05, 4.69) is 12.2 Å². The predicted octanol–water partition coefficient (Wildman–Crippen LogP) is 6.59. The monoisotopic (exact) mass is 425 g/mol. The highest BCUT2D eigenvalue weighted by Gasteiger charge is 2.30. The summed E-state index contributed by atoms with van der Waals surface area (Å²) in [6.07, 6.45) is 15.4. The van der Waals surface area contributed by atoms with Gasteiger partial charge in [-0.1, -0.05) is 102 Å². The van der Waals surface area contributed by atoms with Crippen molar-refractivity contribution in [3.63, 3.8) is 0 Å². The minimum Gasteiger partial charge on any atom is -0.356 e. The Kier molecular flexibility index (Phi) is 11.3. The van der Waals surface area contributed by atoms with E-state index in [1.807, 2.05) is 0 Å².